The standard InChI is InChI=1S/C77H153NO5/c1-3-5-7-9-11-13-15-16-17-18-38-42-45-48-51-55-59-63-67-71-77(82)83-72-68-64-60-56-52-49-46-43-40-37-35-33-31-29-27-25-23-21-19-20-22-24-26-28-30-32-34-36-39-41-44-47-50-54-58-62-66-70-76(81)78-74(73-79)75(80)69-65-61-57-53-14-12-10-8-6-4-2/h74-75,79-80H,3-73H2,1-2H3,(H,78,81). The van der Waals surface area contributed by atoms with Crippen molar-refractivity contribution >= 4 is 11.9 Å². The number of ether oxygens (including phenoxy) is 1. The summed E-state index contributed by atoms with van der Waals surface area (Å²) in [5.74, 6) is 0.00148. The van der Waals surface area contributed by atoms with Crippen LogP contribution in [0.15, 0.2) is 0 Å². The third kappa shape index (κ3) is 69.8. The molecule has 0 fully saturated rings. The van der Waals surface area contributed by atoms with Gasteiger partial charge in [0.1, 0.15) is 0 Å². The Labute approximate surface area is 521 Å². The summed E-state index contributed by atoms with van der Waals surface area (Å²) in [4.78, 5) is 24.6. The average molecular weight is 1170 g/mol. The first-order valence-corrected chi connectivity index (χ1v) is 38.8. The summed E-state index contributed by atoms with van der Waals surface area (Å²) in [5, 5.41) is 23.2. The molecule has 83 heavy (non-hydrogen) atoms. The van der Waals surface area contributed by atoms with E-state index in [0.29, 0.717) is 25.9 Å². The van der Waals surface area contributed by atoms with Crippen LogP contribution in [0.4, 0.5) is 0 Å². The van der Waals surface area contributed by atoms with Crippen LogP contribution >= 0.6 is 0 Å². The van der Waals surface area contributed by atoms with Crippen molar-refractivity contribution in [3.8, 4) is 0 Å². The maximum Gasteiger partial charge on any atom is 0.305 e. The van der Waals surface area contributed by atoms with Crippen LogP contribution in [0.25, 0.3) is 0 Å². The Morgan fingerprint density at radius 2 is 0.494 bits per heavy atom. The second-order valence-corrected chi connectivity index (χ2v) is 27.1. The van der Waals surface area contributed by atoms with E-state index >= 15 is 0 Å². The van der Waals surface area contributed by atoms with Crippen LogP contribution in [0.2, 0.25) is 0 Å². The summed E-state index contributed by atoms with van der Waals surface area (Å²) in [6.45, 7) is 4.99. The van der Waals surface area contributed by atoms with E-state index in [1.54, 1.807) is 0 Å². The molecule has 6 nitrogen and oxygen atoms in total. The molecule has 0 aliphatic rings. The molecule has 0 bridgehead atoms. The van der Waals surface area contributed by atoms with Crippen LogP contribution in [0.3, 0.4) is 0 Å². The normalized spacial score (nSPS) is 12.4. The Balaban J connectivity index is 3.25. The Morgan fingerprint density at radius 1 is 0.289 bits per heavy atom. The molecule has 0 saturated heterocycles. The van der Waals surface area contributed by atoms with E-state index in [-0.39, 0.29) is 18.5 Å². The minimum atomic E-state index is -0.657. The molecule has 0 heterocycles. The zero-order valence-electron chi connectivity index (χ0n) is 57.0. The molecule has 2 unspecified atom stereocenters. The SMILES string of the molecule is CCCCCCCCCCCCCCCCCCCCCC(=O)OCCCCCCCCCCCCCCCCCCCCCCCCCCCCCCCCCCCCCCCC(=O)NC(CO)C(O)CCCCCCCCCCCC. The number of hydrogen-bond donors (Lipinski definition) is 3. The number of amides is 1. The molecule has 0 aliphatic carbocycles. The molecule has 0 aliphatic heterocycles. The maximum absolute atomic E-state index is 12.5. The summed E-state index contributed by atoms with van der Waals surface area (Å²) < 4.78 is 5.52. The minimum Gasteiger partial charge on any atom is -0.466 e. The van der Waals surface area contributed by atoms with Crippen molar-refractivity contribution in [3.63, 3.8) is 0 Å². The van der Waals surface area contributed by atoms with Gasteiger partial charge in [-0.3, -0.25) is 9.59 Å². The fourth-order valence-electron chi connectivity index (χ4n) is 12.8. The number of unbranched alkanes of at least 4 members (excludes halogenated alkanes) is 63. The zero-order valence-corrected chi connectivity index (χ0v) is 57.0. The highest BCUT2D eigenvalue weighted by Gasteiger charge is 2.20. The maximum atomic E-state index is 12.5. The topological polar surface area (TPSA) is 95.9 Å². The lowest BCUT2D eigenvalue weighted by Gasteiger charge is -2.22. The van der Waals surface area contributed by atoms with Crippen LogP contribution in [0, 0.1) is 0 Å². The monoisotopic (exact) mass is 1170 g/mol. The third-order valence-corrected chi connectivity index (χ3v) is 18.7. The lowest BCUT2D eigenvalue weighted by atomic mass is 10.0. The number of hydrogen-bond acceptors (Lipinski definition) is 5. The predicted molar refractivity (Wildman–Crippen MR) is 366 cm³/mol. The van der Waals surface area contributed by atoms with Crippen molar-refractivity contribution in [2.45, 2.75) is 469 Å². The van der Waals surface area contributed by atoms with Gasteiger partial charge in [-0.15, -0.1) is 0 Å². The molecule has 3 N–H and O–H groups in total. The van der Waals surface area contributed by atoms with E-state index in [9.17, 15) is 19.8 Å². The molecule has 0 aromatic carbocycles. The smallest absolute Gasteiger partial charge is 0.305 e. The molecule has 0 radical (unpaired) electrons. The number of carbonyl (C=O) groups excluding carboxylic acids is 2. The highest BCUT2D eigenvalue weighted by atomic mass is 16.5. The molecule has 0 spiro atoms. The fraction of sp³-hybridized carbons (Fsp3) is 0.974. The molecule has 2 atom stereocenters. The van der Waals surface area contributed by atoms with Gasteiger partial charge in [0.05, 0.1) is 25.4 Å². The van der Waals surface area contributed by atoms with Gasteiger partial charge in [0.15, 0.2) is 0 Å². The molecular weight excluding hydrogens is 1020 g/mol. The van der Waals surface area contributed by atoms with Crippen LogP contribution in [-0.4, -0.2) is 47.4 Å². The van der Waals surface area contributed by atoms with Crippen LogP contribution in [-0.2, 0) is 14.3 Å². The van der Waals surface area contributed by atoms with Gasteiger partial charge in [-0.1, -0.05) is 418 Å². The third-order valence-electron chi connectivity index (χ3n) is 18.7. The number of rotatable bonds is 74. The zero-order chi connectivity index (χ0) is 59.9. The van der Waals surface area contributed by atoms with Crippen molar-refractivity contribution in [3.05, 3.63) is 0 Å². The summed E-state index contributed by atoms with van der Waals surface area (Å²) >= 11 is 0. The van der Waals surface area contributed by atoms with Crippen molar-refractivity contribution in [1.29, 1.82) is 0 Å². The van der Waals surface area contributed by atoms with Gasteiger partial charge < -0.3 is 20.3 Å². The minimum absolute atomic E-state index is 0.0280. The highest BCUT2D eigenvalue weighted by molar-refractivity contribution is 5.76. The highest BCUT2D eigenvalue weighted by Crippen LogP contribution is 2.20. The van der Waals surface area contributed by atoms with Gasteiger partial charge in [0.25, 0.3) is 0 Å². The first-order chi connectivity index (χ1) is 41.0. The van der Waals surface area contributed by atoms with Gasteiger partial charge in [0.2, 0.25) is 5.91 Å². The number of aliphatic hydroxyl groups excluding tert-OH is 2. The summed E-state index contributed by atoms with van der Waals surface area (Å²) in [6.07, 6.45) is 90.7. The van der Waals surface area contributed by atoms with Gasteiger partial charge in [0, 0.05) is 12.8 Å². The first kappa shape index (κ1) is 81.9. The molecular formula is C77H153NO5. The molecule has 0 saturated carbocycles. The summed E-state index contributed by atoms with van der Waals surface area (Å²) in [5.41, 5.74) is 0. The largest absolute Gasteiger partial charge is 0.466 e. The van der Waals surface area contributed by atoms with E-state index in [4.69, 9.17) is 4.74 Å². The van der Waals surface area contributed by atoms with Gasteiger partial charge in [-0.05, 0) is 25.7 Å². The van der Waals surface area contributed by atoms with E-state index in [0.717, 1.165) is 38.5 Å². The average Bonchev–Trinajstić information content (AvgIpc) is 3.50. The lowest BCUT2D eigenvalue weighted by molar-refractivity contribution is -0.143. The van der Waals surface area contributed by atoms with Crippen molar-refractivity contribution in [1.82, 2.24) is 5.32 Å². The van der Waals surface area contributed by atoms with Gasteiger partial charge in [-0.2, -0.15) is 0 Å². The Kier molecular flexibility index (Phi) is 72.3. The quantitative estimate of drug-likeness (QED) is 0.0417. The molecule has 0 aromatic heterocycles. The lowest BCUT2D eigenvalue weighted by Crippen LogP contribution is -2.45. The Bertz CT molecular complexity index is 1210. The van der Waals surface area contributed by atoms with E-state index in [1.807, 2.05) is 0 Å². The fourth-order valence-corrected chi connectivity index (χ4v) is 12.8. The molecule has 6 heteroatoms. The van der Waals surface area contributed by atoms with Crippen molar-refractivity contribution < 1.29 is 24.5 Å². The molecule has 0 rings (SSSR count). The van der Waals surface area contributed by atoms with Crippen LogP contribution in [0.5, 0.6) is 0 Å². The summed E-state index contributed by atoms with van der Waals surface area (Å²) in [7, 11) is 0. The van der Waals surface area contributed by atoms with Crippen LogP contribution in [0.1, 0.15) is 457 Å². The Hall–Kier alpha value is -1.14. The number of aliphatic hydroxyl groups is 2. The molecule has 1 amide bonds. The van der Waals surface area contributed by atoms with Crippen LogP contribution < -0.4 is 5.32 Å². The van der Waals surface area contributed by atoms with E-state index in [2.05, 4.69) is 19.2 Å². The van der Waals surface area contributed by atoms with Gasteiger partial charge in [-0.25, -0.2) is 0 Å². The van der Waals surface area contributed by atoms with Gasteiger partial charge >= 0.3 is 5.97 Å². The van der Waals surface area contributed by atoms with Crippen molar-refractivity contribution in [2.75, 3.05) is 13.2 Å². The van der Waals surface area contributed by atoms with E-state index in [1.165, 1.54) is 385 Å². The molecule has 496 valence electrons. The summed E-state index contributed by atoms with van der Waals surface area (Å²) in [6, 6.07) is -0.534. The predicted octanol–water partition coefficient (Wildman–Crippen LogP) is 25.3. The molecule has 0 aromatic rings. The first-order valence-electron chi connectivity index (χ1n) is 38.8. The second-order valence-electron chi connectivity index (χ2n) is 27.1. The van der Waals surface area contributed by atoms with E-state index < -0.39 is 12.1 Å². The number of esters is 1. The Morgan fingerprint density at radius 3 is 0.735 bits per heavy atom. The number of nitrogens with one attached hydrogen (secondary N) is 1. The second kappa shape index (κ2) is 73.3. The van der Waals surface area contributed by atoms with Crippen molar-refractivity contribution in [2.24, 2.45) is 0 Å². The number of carbonyl (C=O) groups is 2.